The molecule has 0 unspecified atom stereocenters. The summed E-state index contributed by atoms with van der Waals surface area (Å²) in [7, 11) is -4.07. The number of carbonyl (C=O) groups is 1. The van der Waals surface area contributed by atoms with Crippen LogP contribution in [0.2, 0.25) is 0 Å². The van der Waals surface area contributed by atoms with Crippen molar-refractivity contribution < 1.29 is 27.9 Å². The van der Waals surface area contributed by atoms with Crippen molar-refractivity contribution in [2.75, 3.05) is 19.8 Å². The maximum atomic E-state index is 13.4. The molecule has 0 bridgehead atoms. The van der Waals surface area contributed by atoms with Crippen LogP contribution < -0.4 is 10.2 Å². The minimum absolute atomic E-state index is 0.00227. The minimum atomic E-state index is -4.07. The molecular weight excluding hydrogens is 538 g/mol. The van der Waals surface area contributed by atoms with E-state index in [-0.39, 0.29) is 31.0 Å². The molecule has 0 saturated carbocycles. The summed E-state index contributed by atoms with van der Waals surface area (Å²) in [4.78, 5) is 12.4. The van der Waals surface area contributed by atoms with Gasteiger partial charge in [0.2, 0.25) is 0 Å². The predicted molar refractivity (Wildman–Crippen MR) is 157 cm³/mol. The van der Waals surface area contributed by atoms with Gasteiger partial charge in [-0.2, -0.15) is 0 Å². The fourth-order valence-corrected chi connectivity index (χ4v) is 7.19. The van der Waals surface area contributed by atoms with Crippen LogP contribution in [0.3, 0.4) is 0 Å². The largest absolute Gasteiger partial charge is 0.493 e. The molecule has 1 amide bonds. The lowest BCUT2D eigenvalue weighted by atomic mass is 9.97. The first kappa shape index (κ1) is 28.5. The predicted octanol–water partition coefficient (Wildman–Crippen LogP) is 5.39. The van der Waals surface area contributed by atoms with Crippen molar-refractivity contribution in [3.8, 4) is 16.9 Å². The van der Waals surface area contributed by atoms with E-state index in [9.17, 15) is 18.4 Å². The van der Waals surface area contributed by atoms with Crippen LogP contribution in [0.25, 0.3) is 11.1 Å². The molecule has 1 fully saturated rings. The topological polar surface area (TPSA) is 102 Å². The summed E-state index contributed by atoms with van der Waals surface area (Å²) in [6, 6.07) is 33.4. The zero-order valence-electron chi connectivity index (χ0n) is 22.7. The van der Waals surface area contributed by atoms with Gasteiger partial charge in [0.15, 0.2) is 14.6 Å². The number of hydrogen-bond acceptors (Lipinski definition) is 6. The van der Waals surface area contributed by atoms with Crippen LogP contribution in [0.5, 0.6) is 5.75 Å². The van der Waals surface area contributed by atoms with Crippen molar-refractivity contribution in [2.45, 2.75) is 35.3 Å². The van der Waals surface area contributed by atoms with Crippen LogP contribution in [0.15, 0.2) is 108 Å². The monoisotopic (exact) mass is 571 g/mol. The molecule has 1 saturated heterocycles. The van der Waals surface area contributed by atoms with Gasteiger partial charge in [-0.3, -0.25) is 10.0 Å². The Morgan fingerprint density at radius 2 is 1.41 bits per heavy atom. The Kier molecular flexibility index (Phi) is 8.83. The van der Waals surface area contributed by atoms with Crippen LogP contribution >= 0.6 is 0 Å². The van der Waals surface area contributed by atoms with E-state index in [1.54, 1.807) is 12.1 Å². The van der Waals surface area contributed by atoms with Crippen molar-refractivity contribution in [3.05, 3.63) is 120 Å². The van der Waals surface area contributed by atoms with Crippen molar-refractivity contribution in [1.82, 2.24) is 5.48 Å². The Balaban J connectivity index is 1.22. The Morgan fingerprint density at radius 3 is 2.07 bits per heavy atom. The summed E-state index contributed by atoms with van der Waals surface area (Å²) in [5, 5.41) is 9.22. The average Bonchev–Trinajstić information content (AvgIpc) is 3.02. The van der Waals surface area contributed by atoms with Gasteiger partial charge >= 0.3 is 0 Å². The summed E-state index contributed by atoms with van der Waals surface area (Å²) in [6.45, 7) is 0.653. The average molecular weight is 572 g/mol. The Bertz CT molecular complexity index is 1580. The zero-order valence-corrected chi connectivity index (χ0v) is 23.5. The second-order valence-corrected chi connectivity index (χ2v) is 12.4. The van der Waals surface area contributed by atoms with Gasteiger partial charge in [-0.05, 0) is 71.3 Å². The third kappa shape index (κ3) is 6.35. The summed E-state index contributed by atoms with van der Waals surface area (Å²) in [5.41, 5.74) is 7.50. The maximum absolute atomic E-state index is 13.4. The Labute approximate surface area is 240 Å². The van der Waals surface area contributed by atoms with E-state index in [1.165, 1.54) is 28.7 Å². The van der Waals surface area contributed by atoms with Crippen LogP contribution in [0, 0.1) is 0 Å². The number of nitrogens with one attached hydrogen (secondary N) is 1. The van der Waals surface area contributed by atoms with E-state index in [0.717, 1.165) is 23.1 Å². The molecule has 1 heterocycles. The number of hydroxylamine groups is 1. The highest BCUT2D eigenvalue weighted by molar-refractivity contribution is 7.93. The molecule has 4 aromatic carbocycles. The molecule has 1 aliphatic rings. The summed E-state index contributed by atoms with van der Waals surface area (Å²) in [6.07, 6.45) is 1.50. The number of ether oxygens (including phenoxy) is 2. The van der Waals surface area contributed by atoms with E-state index in [1.807, 2.05) is 12.1 Å². The van der Waals surface area contributed by atoms with Crippen molar-refractivity contribution in [3.63, 3.8) is 0 Å². The fourth-order valence-electron chi connectivity index (χ4n) is 5.25. The third-order valence-corrected chi connectivity index (χ3v) is 10.1. The maximum Gasteiger partial charge on any atom is 0.265 e. The molecule has 0 spiro atoms. The molecular formula is C33H33NO6S. The van der Waals surface area contributed by atoms with Gasteiger partial charge in [-0.15, -0.1) is 0 Å². The molecule has 1 aliphatic heterocycles. The van der Waals surface area contributed by atoms with Gasteiger partial charge in [0.05, 0.1) is 11.5 Å². The summed E-state index contributed by atoms with van der Waals surface area (Å²) in [5.74, 6) is -0.410. The lowest BCUT2D eigenvalue weighted by Gasteiger charge is -2.34. The molecule has 5 rings (SSSR count). The quantitative estimate of drug-likeness (QED) is 0.195. The molecule has 0 radical (unpaired) electrons. The lowest BCUT2D eigenvalue weighted by molar-refractivity contribution is -0.134. The SMILES string of the molecule is O=C(NO)C1(S(=O)(=O)c2ccc(OCCc3cccc(-c4cccc(Cc5ccccc5)c4)c3)cc2)CCOCC1. The van der Waals surface area contributed by atoms with Gasteiger partial charge < -0.3 is 9.47 Å². The van der Waals surface area contributed by atoms with E-state index >= 15 is 0 Å². The van der Waals surface area contributed by atoms with Gasteiger partial charge in [-0.1, -0.05) is 78.9 Å². The molecule has 7 nitrogen and oxygen atoms in total. The number of rotatable bonds is 10. The highest BCUT2D eigenvalue weighted by Gasteiger charge is 2.52. The smallest absolute Gasteiger partial charge is 0.265 e. The standard InChI is InChI=1S/C33H33NO6S/c35-32(34-36)33(17-20-39-21-18-33)41(37,38)31-14-12-30(13-15-31)40-19-16-26-8-4-10-28(23-26)29-11-5-9-27(24-29)22-25-6-2-1-3-7-25/h1-15,23-24,36H,16-22H2,(H,34,35). The molecule has 212 valence electrons. The first-order valence-corrected chi connectivity index (χ1v) is 15.1. The number of sulfone groups is 1. The van der Waals surface area contributed by atoms with Crippen LogP contribution in [0.4, 0.5) is 0 Å². The van der Waals surface area contributed by atoms with E-state index < -0.39 is 20.5 Å². The molecule has 8 heteroatoms. The van der Waals surface area contributed by atoms with Crippen molar-refractivity contribution in [1.29, 1.82) is 0 Å². The van der Waals surface area contributed by atoms with Crippen molar-refractivity contribution >= 4 is 15.7 Å². The summed E-state index contributed by atoms with van der Waals surface area (Å²) >= 11 is 0. The third-order valence-electron chi connectivity index (χ3n) is 7.56. The normalized spacial score (nSPS) is 14.8. The van der Waals surface area contributed by atoms with E-state index in [0.29, 0.717) is 18.8 Å². The van der Waals surface area contributed by atoms with Crippen LogP contribution in [-0.4, -0.2) is 44.1 Å². The Hall–Kier alpha value is -3.98. The lowest BCUT2D eigenvalue weighted by Crippen LogP contribution is -2.54. The highest BCUT2D eigenvalue weighted by Crippen LogP contribution is 2.36. The zero-order chi connectivity index (χ0) is 28.7. The molecule has 41 heavy (non-hydrogen) atoms. The fraction of sp³-hybridized carbons (Fsp3) is 0.242. The number of carbonyl (C=O) groups excluding carboxylic acids is 1. The minimum Gasteiger partial charge on any atom is -0.493 e. The van der Waals surface area contributed by atoms with E-state index in [4.69, 9.17) is 9.47 Å². The van der Waals surface area contributed by atoms with Crippen LogP contribution in [-0.2, 0) is 32.2 Å². The second kappa shape index (κ2) is 12.7. The van der Waals surface area contributed by atoms with E-state index in [2.05, 4.69) is 66.7 Å². The molecule has 0 aliphatic carbocycles. The number of amides is 1. The first-order chi connectivity index (χ1) is 19.9. The number of benzene rings is 4. The van der Waals surface area contributed by atoms with Crippen molar-refractivity contribution in [2.24, 2.45) is 0 Å². The van der Waals surface area contributed by atoms with Gasteiger partial charge in [-0.25, -0.2) is 13.9 Å². The summed E-state index contributed by atoms with van der Waals surface area (Å²) < 4.78 is 36.2. The Morgan fingerprint density at radius 1 is 0.805 bits per heavy atom. The van der Waals surface area contributed by atoms with Crippen LogP contribution in [0.1, 0.15) is 29.5 Å². The number of hydrogen-bond donors (Lipinski definition) is 2. The van der Waals surface area contributed by atoms with Gasteiger partial charge in [0, 0.05) is 19.6 Å². The molecule has 2 N–H and O–H groups in total. The first-order valence-electron chi connectivity index (χ1n) is 13.6. The molecule has 4 aromatic rings. The molecule has 0 aromatic heterocycles. The van der Waals surface area contributed by atoms with Gasteiger partial charge in [0.25, 0.3) is 5.91 Å². The highest BCUT2D eigenvalue weighted by atomic mass is 32.2. The second-order valence-electron chi connectivity index (χ2n) is 10.2. The van der Waals surface area contributed by atoms with Gasteiger partial charge in [0.1, 0.15) is 5.75 Å². The molecule has 0 atom stereocenters.